The summed E-state index contributed by atoms with van der Waals surface area (Å²) in [6.45, 7) is 4.20. The first-order valence-electron chi connectivity index (χ1n) is 8.28. The number of nitrogens with one attached hydrogen (secondary N) is 1. The number of hydrogen-bond donors (Lipinski definition) is 1. The van der Waals surface area contributed by atoms with Crippen LogP contribution in [0.1, 0.15) is 52.4 Å². The first kappa shape index (κ1) is 19.0. The third kappa shape index (κ3) is 9.55. The molecule has 0 atom stereocenters. The summed E-state index contributed by atoms with van der Waals surface area (Å²) in [6, 6.07) is 7.06. The first-order valence-corrected chi connectivity index (χ1v) is 8.28. The van der Waals surface area contributed by atoms with Crippen molar-refractivity contribution in [3.8, 4) is 5.75 Å². The summed E-state index contributed by atoms with van der Waals surface area (Å²) >= 11 is 0. The van der Waals surface area contributed by atoms with Gasteiger partial charge in [0.2, 0.25) is 5.91 Å². The Bertz CT molecular complexity index is 470. The molecule has 0 aliphatic carbocycles. The van der Waals surface area contributed by atoms with Gasteiger partial charge in [-0.3, -0.25) is 9.59 Å². The molecule has 0 aliphatic rings. The van der Waals surface area contributed by atoms with Crippen molar-refractivity contribution in [3.63, 3.8) is 0 Å². The van der Waals surface area contributed by atoms with Gasteiger partial charge in [-0.05, 0) is 30.7 Å². The van der Waals surface area contributed by atoms with Gasteiger partial charge in [-0.25, -0.2) is 0 Å². The van der Waals surface area contributed by atoms with Crippen LogP contribution in [0.25, 0.3) is 0 Å². The molecule has 0 bridgehead atoms. The van der Waals surface area contributed by atoms with E-state index in [4.69, 9.17) is 9.47 Å². The van der Waals surface area contributed by atoms with Gasteiger partial charge in [0, 0.05) is 19.0 Å². The summed E-state index contributed by atoms with van der Waals surface area (Å²) in [5.41, 5.74) is 0.722. The van der Waals surface area contributed by atoms with Crippen LogP contribution in [0, 0.1) is 0 Å². The van der Waals surface area contributed by atoms with Crippen LogP contribution in [0.15, 0.2) is 24.3 Å². The second-order valence-electron chi connectivity index (χ2n) is 5.44. The van der Waals surface area contributed by atoms with Crippen molar-refractivity contribution in [1.29, 1.82) is 0 Å². The van der Waals surface area contributed by atoms with E-state index in [1.807, 2.05) is 0 Å². The molecular formula is C18H27NO4. The minimum Gasteiger partial charge on any atom is -0.490 e. The largest absolute Gasteiger partial charge is 0.490 e. The number of carbonyl (C=O) groups is 2. The molecule has 1 amide bonds. The molecule has 1 aromatic rings. The lowest BCUT2D eigenvalue weighted by Gasteiger charge is -2.08. The Labute approximate surface area is 138 Å². The minimum absolute atomic E-state index is 0.111. The zero-order valence-electron chi connectivity index (χ0n) is 14.1. The highest BCUT2D eigenvalue weighted by Gasteiger charge is 2.03. The van der Waals surface area contributed by atoms with E-state index in [0.717, 1.165) is 18.5 Å². The number of amides is 1. The molecule has 1 N–H and O–H groups in total. The van der Waals surface area contributed by atoms with E-state index < -0.39 is 0 Å². The summed E-state index contributed by atoms with van der Waals surface area (Å²) in [5, 5.41) is 2.68. The average molecular weight is 321 g/mol. The number of benzene rings is 1. The van der Waals surface area contributed by atoms with E-state index in [-0.39, 0.29) is 18.5 Å². The Morgan fingerprint density at radius 1 is 1.00 bits per heavy atom. The van der Waals surface area contributed by atoms with E-state index in [9.17, 15) is 9.59 Å². The number of ether oxygens (including phenoxy) is 2. The fourth-order valence-electron chi connectivity index (χ4n) is 2.10. The van der Waals surface area contributed by atoms with Crippen molar-refractivity contribution >= 4 is 17.6 Å². The zero-order chi connectivity index (χ0) is 16.9. The molecular weight excluding hydrogens is 294 g/mol. The fourth-order valence-corrected chi connectivity index (χ4v) is 2.10. The van der Waals surface area contributed by atoms with Crippen molar-refractivity contribution in [3.05, 3.63) is 24.3 Å². The minimum atomic E-state index is -0.161. The predicted molar refractivity (Wildman–Crippen MR) is 90.6 cm³/mol. The standard InChI is InChI=1S/C18H27NO4/c1-3-4-5-6-7-8-18(21)23-14-13-22-17-11-9-16(10-12-17)19-15(2)20/h9-12H,3-8,13-14H2,1-2H3,(H,19,20). The van der Waals surface area contributed by atoms with E-state index in [1.54, 1.807) is 24.3 Å². The van der Waals surface area contributed by atoms with Crippen LogP contribution < -0.4 is 10.1 Å². The summed E-state index contributed by atoms with van der Waals surface area (Å²) in [6.07, 6.45) is 6.07. The maximum absolute atomic E-state index is 11.5. The van der Waals surface area contributed by atoms with Crippen molar-refractivity contribution in [2.45, 2.75) is 52.4 Å². The molecule has 0 unspecified atom stereocenters. The molecule has 0 aliphatic heterocycles. The van der Waals surface area contributed by atoms with Gasteiger partial charge in [-0.2, -0.15) is 0 Å². The molecule has 128 valence electrons. The Hall–Kier alpha value is -2.04. The predicted octanol–water partition coefficient (Wildman–Crippen LogP) is 3.93. The zero-order valence-corrected chi connectivity index (χ0v) is 14.1. The maximum Gasteiger partial charge on any atom is 0.305 e. The summed E-state index contributed by atoms with van der Waals surface area (Å²) in [5.74, 6) is 0.404. The molecule has 0 fully saturated rings. The van der Waals surface area contributed by atoms with Crippen molar-refractivity contribution < 1.29 is 19.1 Å². The lowest BCUT2D eigenvalue weighted by molar-refractivity contribution is -0.144. The third-order valence-corrected chi connectivity index (χ3v) is 3.27. The third-order valence-electron chi connectivity index (χ3n) is 3.27. The van der Waals surface area contributed by atoms with Gasteiger partial charge in [0.15, 0.2) is 0 Å². The molecule has 0 heterocycles. The van der Waals surface area contributed by atoms with E-state index in [1.165, 1.54) is 26.2 Å². The summed E-state index contributed by atoms with van der Waals surface area (Å²) < 4.78 is 10.6. The average Bonchev–Trinajstić information content (AvgIpc) is 2.52. The van der Waals surface area contributed by atoms with Crippen LogP contribution in [0.2, 0.25) is 0 Å². The number of unbranched alkanes of at least 4 members (excludes halogenated alkanes) is 4. The number of hydrogen-bond acceptors (Lipinski definition) is 4. The smallest absolute Gasteiger partial charge is 0.305 e. The van der Waals surface area contributed by atoms with Gasteiger partial charge in [-0.15, -0.1) is 0 Å². The van der Waals surface area contributed by atoms with E-state index >= 15 is 0 Å². The molecule has 0 saturated heterocycles. The molecule has 0 radical (unpaired) electrons. The topological polar surface area (TPSA) is 64.6 Å². The van der Waals surface area contributed by atoms with Crippen LogP contribution in [0.5, 0.6) is 5.75 Å². The molecule has 5 nitrogen and oxygen atoms in total. The van der Waals surface area contributed by atoms with Gasteiger partial charge in [-0.1, -0.05) is 32.6 Å². The molecule has 0 spiro atoms. The van der Waals surface area contributed by atoms with Crippen LogP contribution >= 0.6 is 0 Å². The van der Waals surface area contributed by atoms with Gasteiger partial charge in [0.25, 0.3) is 0 Å². The van der Waals surface area contributed by atoms with Gasteiger partial charge < -0.3 is 14.8 Å². The van der Waals surface area contributed by atoms with Crippen LogP contribution in [-0.2, 0) is 14.3 Å². The highest BCUT2D eigenvalue weighted by Crippen LogP contribution is 2.15. The quantitative estimate of drug-likeness (QED) is 0.495. The van der Waals surface area contributed by atoms with Gasteiger partial charge in [0.1, 0.15) is 19.0 Å². The van der Waals surface area contributed by atoms with Crippen molar-refractivity contribution in [1.82, 2.24) is 0 Å². The molecule has 1 rings (SSSR count). The lowest BCUT2D eigenvalue weighted by atomic mass is 10.1. The van der Waals surface area contributed by atoms with E-state index in [2.05, 4.69) is 12.2 Å². The Morgan fingerprint density at radius 3 is 2.35 bits per heavy atom. The maximum atomic E-state index is 11.5. The summed E-state index contributed by atoms with van der Waals surface area (Å²) in [7, 11) is 0. The Balaban J connectivity index is 2.10. The SMILES string of the molecule is CCCCCCCC(=O)OCCOc1ccc(NC(C)=O)cc1. The summed E-state index contributed by atoms with van der Waals surface area (Å²) in [4.78, 5) is 22.4. The van der Waals surface area contributed by atoms with Crippen molar-refractivity contribution in [2.75, 3.05) is 18.5 Å². The number of carbonyl (C=O) groups excluding carboxylic acids is 2. The fraction of sp³-hybridized carbons (Fsp3) is 0.556. The second kappa shape index (κ2) is 11.5. The number of rotatable bonds is 11. The first-order chi connectivity index (χ1) is 11.1. The van der Waals surface area contributed by atoms with Gasteiger partial charge >= 0.3 is 5.97 Å². The second-order valence-corrected chi connectivity index (χ2v) is 5.44. The van der Waals surface area contributed by atoms with Crippen molar-refractivity contribution in [2.24, 2.45) is 0 Å². The molecule has 23 heavy (non-hydrogen) atoms. The van der Waals surface area contributed by atoms with Crippen LogP contribution in [0.4, 0.5) is 5.69 Å². The van der Waals surface area contributed by atoms with E-state index in [0.29, 0.717) is 18.8 Å². The molecule has 1 aromatic carbocycles. The van der Waals surface area contributed by atoms with Gasteiger partial charge in [0.05, 0.1) is 0 Å². The lowest BCUT2D eigenvalue weighted by Crippen LogP contribution is -2.12. The highest BCUT2D eigenvalue weighted by molar-refractivity contribution is 5.88. The number of esters is 1. The normalized spacial score (nSPS) is 10.2. The molecule has 0 saturated carbocycles. The molecule has 5 heteroatoms. The van der Waals surface area contributed by atoms with Crippen LogP contribution in [-0.4, -0.2) is 25.1 Å². The Morgan fingerprint density at radius 2 is 1.70 bits per heavy atom. The Kier molecular flexibility index (Phi) is 9.52. The monoisotopic (exact) mass is 321 g/mol. The van der Waals surface area contributed by atoms with Crippen LogP contribution in [0.3, 0.4) is 0 Å². The molecule has 0 aromatic heterocycles. The highest BCUT2D eigenvalue weighted by atomic mass is 16.6. The number of anilines is 1.